The van der Waals surface area contributed by atoms with E-state index in [0.29, 0.717) is 10.7 Å². The normalized spacial score (nSPS) is 9.64. The number of rotatable bonds is 7. The van der Waals surface area contributed by atoms with Crippen LogP contribution >= 0.6 is 34.0 Å². The van der Waals surface area contributed by atoms with Gasteiger partial charge in [0.25, 0.3) is 0 Å². The third-order valence-corrected chi connectivity index (χ3v) is 3.36. The van der Waals surface area contributed by atoms with E-state index in [1.165, 1.54) is 25.7 Å². The van der Waals surface area contributed by atoms with E-state index in [0.717, 1.165) is 13.1 Å². The Morgan fingerprint density at radius 2 is 0.909 bits per heavy atom. The molecule has 0 aromatic carbocycles. The van der Waals surface area contributed by atoms with Crippen molar-refractivity contribution in [3.05, 3.63) is 59.8 Å². The molecular weight excluding hydrogens is 408 g/mol. The molecule has 0 saturated heterocycles. The van der Waals surface area contributed by atoms with Crippen LogP contribution in [0.5, 0.6) is 0 Å². The second kappa shape index (κ2) is 11.4. The summed E-state index contributed by atoms with van der Waals surface area (Å²) in [5, 5.41) is 16.0. The summed E-state index contributed by atoms with van der Waals surface area (Å²) < 4.78 is 4.28. The lowest BCUT2D eigenvalue weighted by atomic mass is 10.2. The number of hydrogen-bond acceptors (Lipinski definition) is 2. The molecule has 122 valence electrons. The number of nitrogens with zero attached hydrogens (tertiary/aromatic N) is 2. The van der Waals surface area contributed by atoms with E-state index in [4.69, 9.17) is 10.8 Å². The number of unbranched alkanes of at least 4 members (excludes halogenated alkanes) is 3. The maximum absolute atomic E-state index is 7.43. The Balaban J connectivity index is 0.00000220. The van der Waals surface area contributed by atoms with E-state index in [2.05, 4.69) is 9.13 Å². The van der Waals surface area contributed by atoms with Crippen molar-refractivity contribution in [2.24, 2.45) is 0 Å². The summed E-state index contributed by atoms with van der Waals surface area (Å²) in [6.07, 6.45) is 12.7. The molecule has 0 fully saturated rings. The van der Waals surface area contributed by atoms with Gasteiger partial charge in [-0.2, -0.15) is 0 Å². The number of nitrogens with one attached hydrogen (secondary N) is 2. The molecule has 2 rings (SSSR count). The molecule has 0 aliphatic rings. The first-order chi connectivity index (χ1) is 9.74. The number of hydrogen-bond donors (Lipinski definition) is 2. The standard InChI is InChI=1S/C16H22N4.2BrH/c17-15-5-11-19(12-6-15)9-3-1-2-4-10-20-13-7-16(18)8-14-20;;/h5-8,11-14,17-18H,1-4,9-10H2;2*1H. The molecule has 2 N–H and O–H groups in total. The molecule has 2 aromatic heterocycles. The minimum atomic E-state index is 0. The second-order valence-corrected chi connectivity index (χ2v) is 5.06. The summed E-state index contributed by atoms with van der Waals surface area (Å²) in [5.41, 5.74) is 0. The van der Waals surface area contributed by atoms with Crippen LogP contribution < -0.4 is 10.7 Å². The van der Waals surface area contributed by atoms with Crippen LogP contribution in [0.25, 0.3) is 0 Å². The molecule has 4 nitrogen and oxygen atoms in total. The van der Waals surface area contributed by atoms with Gasteiger partial charge < -0.3 is 20.0 Å². The fraction of sp³-hybridized carbons (Fsp3) is 0.375. The summed E-state index contributed by atoms with van der Waals surface area (Å²) >= 11 is 0. The molecule has 0 aliphatic carbocycles. The van der Waals surface area contributed by atoms with Gasteiger partial charge in [0.2, 0.25) is 0 Å². The van der Waals surface area contributed by atoms with Crippen LogP contribution in [0, 0.1) is 10.8 Å². The maximum Gasteiger partial charge on any atom is 0.0568 e. The van der Waals surface area contributed by atoms with Gasteiger partial charge in [0.05, 0.1) is 10.7 Å². The highest BCUT2D eigenvalue weighted by Gasteiger charge is 1.93. The molecule has 2 heterocycles. The summed E-state index contributed by atoms with van der Waals surface area (Å²) in [6, 6.07) is 7.30. The van der Waals surface area contributed by atoms with Crippen molar-refractivity contribution in [1.29, 1.82) is 10.8 Å². The van der Waals surface area contributed by atoms with E-state index in [9.17, 15) is 0 Å². The quantitative estimate of drug-likeness (QED) is 0.628. The van der Waals surface area contributed by atoms with E-state index < -0.39 is 0 Å². The van der Waals surface area contributed by atoms with Crippen molar-refractivity contribution < 1.29 is 0 Å². The second-order valence-electron chi connectivity index (χ2n) is 5.06. The van der Waals surface area contributed by atoms with Gasteiger partial charge in [0, 0.05) is 37.9 Å². The Kier molecular flexibility index (Phi) is 10.8. The third kappa shape index (κ3) is 7.75. The predicted molar refractivity (Wildman–Crippen MR) is 99.7 cm³/mol. The smallest absolute Gasteiger partial charge is 0.0568 e. The van der Waals surface area contributed by atoms with Gasteiger partial charge in [0.15, 0.2) is 0 Å². The Morgan fingerprint density at radius 3 is 1.23 bits per heavy atom. The molecule has 0 aliphatic heterocycles. The van der Waals surface area contributed by atoms with Crippen LogP contribution in [0.4, 0.5) is 0 Å². The Bertz CT molecular complexity index is 551. The highest BCUT2D eigenvalue weighted by atomic mass is 79.9. The first kappa shape index (κ1) is 20.9. The number of aromatic nitrogens is 2. The van der Waals surface area contributed by atoms with Crippen molar-refractivity contribution >= 4 is 34.0 Å². The first-order valence-electron chi connectivity index (χ1n) is 7.15. The summed E-state index contributed by atoms with van der Waals surface area (Å²) in [5.74, 6) is 0. The summed E-state index contributed by atoms with van der Waals surface area (Å²) in [6.45, 7) is 2.06. The fourth-order valence-corrected chi connectivity index (χ4v) is 2.16. The van der Waals surface area contributed by atoms with Gasteiger partial charge in [0.1, 0.15) is 0 Å². The molecule has 0 unspecified atom stereocenters. The molecule has 0 atom stereocenters. The van der Waals surface area contributed by atoms with Gasteiger partial charge in [-0.25, -0.2) is 0 Å². The van der Waals surface area contributed by atoms with Crippen LogP contribution in [0.1, 0.15) is 25.7 Å². The zero-order chi connectivity index (χ0) is 14.2. The lowest BCUT2D eigenvalue weighted by Gasteiger charge is -2.07. The topological polar surface area (TPSA) is 57.6 Å². The maximum atomic E-state index is 7.43. The summed E-state index contributed by atoms with van der Waals surface area (Å²) in [4.78, 5) is 0. The molecular formula is C16H24Br2N4. The van der Waals surface area contributed by atoms with Gasteiger partial charge in [-0.15, -0.1) is 34.0 Å². The van der Waals surface area contributed by atoms with Crippen LogP contribution in [0.15, 0.2) is 49.1 Å². The van der Waals surface area contributed by atoms with Crippen molar-refractivity contribution in [3.8, 4) is 0 Å². The van der Waals surface area contributed by atoms with E-state index in [-0.39, 0.29) is 34.0 Å². The van der Waals surface area contributed by atoms with Crippen LogP contribution in [0.3, 0.4) is 0 Å². The predicted octanol–water partition coefficient (Wildman–Crippen LogP) is 3.66. The highest BCUT2D eigenvalue weighted by molar-refractivity contribution is 8.93. The molecule has 0 bridgehead atoms. The van der Waals surface area contributed by atoms with Gasteiger partial charge in [-0.1, -0.05) is 12.8 Å². The van der Waals surface area contributed by atoms with E-state index in [1.807, 2.05) is 49.1 Å². The number of halogens is 2. The van der Waals surface area contributed by atoms with Gasteiger partial charge >= 0.3 is 0 Å². The van der Waals surface area contributed by atoms with Gasteiger partial charge in [-0.3, -0.25) is 0 Å². The van der Waals surface area contributed by atoms with E-state index in [1.54, 1.807) is 0 Å². The minimum Gasteiger partial charge on any atom is -0.354 e. The molecule has 0 saturated carbocycles. The number of pyridine rings is 2. The molecule has 22 heavy (non-hydrogen) atoms. The largest absolute Gasteiger partial charge is 0.354 e. The zero-order valence-corrected chi connectivity index (χ0v) is 16.0. The van der Waals surface area contributed by atoms with Crippen LogP contribution in [-0.2, 0) is 13.1 Å². The highest BCUT2D eigenvalue weighted by Crippen LogP contribution is 2.03. The van der Waals surface area contributed by atoms with Gasteiger partial charge in [-0.05, 0) is 37.1 Å². The van der Waals surface area contributed by atoms with Crippen LogP contribution in [-0.4, -0.2) is 9.13 Å². The monoisotopic (exact) mass is 430 g/mol. The average molecular weight is 432 g/mol. The molecule has 0 amide bonds. The summed E-state index contributed by atoms with van der Waals surface area (Å²) in [7, 11) is 0. The average Bonchev–Trinajstić information content (AvgIpc) is 2.46. The van der Waals surface area contributed by atoms with Crippen molar-refractivity contribution in [1.82, 2.24) is 9.13 Å². The molecule has 0 spiro atoms. The molecule has 2 aromatic rings. The first-order valence-corrected chi connectivity index (χ1v) is 7.15. The molecule has 6 heteroatoms. The Hall–Kier alpha value is -1.14. The van der Waals surface area contributed by atoms with Crippen LogP contribution in [0.2, 0.25) is 0 Å². The number of aryl methyl sites for hydroxylation is 2. The third-order valence-electron chi connectivity index (χ3n) is 3.36. The Labute approximate surface area is 152 Å². The Morgan fingerprint density at radius 1 is 0.591 bits per heavy atom. The molecule has 0 radical (unpaired) electrons. The fourth-order valence-electron chi connectivity index (χ4n) is 2.16. The SMILES string of the molecule is Br.Br.N=c1ccn(CCCCCCn2ccc(=N)cc2)cc1. The zero-order valence-electron chi connectivity index (χ0n) is 12.6. The minimum absolute atomic E-state index is 0. The lowest BCUT2D eigenvalue weighted by molar-refractivity contribution is 0.537. The van der Waals surface area contributed by atoms with Crippen molar-refractivity contribution in [2.45, 2.75) is 38.8 Å². The lowest BCUT2D eigenvalue weighted by Crippen LogP contribution is -2.05. The van der Waals surface area contributed by atoms with E-state index >= 15 is 0 Å². The van der Waals surface area contributed by atoms with Crippen molar-refractivity contribution in [3.63, 3.8) is 0 Å². The van der Waals surface area contributed by atoms with Crippen molar-refractivity contribution in [2.75, 3.05) is 0 Å².